The molecule has 8 heteroatoms. The van der Waals surface area contributed by atoms with E-state index < -0.39 is 11.6 Å². The molecule has 1 aliphatic rings. The summed E-state index contributed by atoms with van der Waals surface area (Å²) in [6, 6.07) is 15.2. The highest BCUT2D eigenvalue weighted by Crippen LogP contribution is 2.38. The van der Waals surface area contributed by atoms with Crippen LogP contribution in [0.5, 0.6) is 5.75 Å². The van der Waals surface area contributed by atoms with Crippen LogP contribution in [0.15, 0.2) is 61.1 Å². The Morgan fingerprint density at radius 2 is 1.85 bits per heavy atom. The van der Waals surface area contributed by atoms with Crippen molar-refractivity contribution in [2.45, 2.75) is 76.9 Å². The minimum atomic E-state index is -0.692. The summed E-state index contributed by atoms with van der Waals surface area (Å²) in [4.78, 5) is 36.5. The maximum absolute atomic E-state index is 14.0. The molecule has 1 saturated heterocycles. The van der Waals surface area contributed by atoms with Gasteiger partial charge in [-0.3, -0.25) is 9.59 Å². The first-order chi connectivity index (χ1) is 19.9. The number of aromatic amines is 1. The number of unbranched alkanes of at least 4 members (excludes halogenated alkanes) is 1. The van der Waals surface area contributed by atoms with Crippen LogP contribution in [0.2, 0.25) is 0 Å². The Kier molecular flexibility index (Phi) is 10.6. The van der Waals surface area contributed by atoms with E-state index >= 15 is 0 Å². The Morgan fingerprint density at radius 1 is 1.10 bits per heavy atom. The molecule has 2 unspecified atom stereocenters. The second kappa shape index (κ2) is 14.3. The van der Waals surface area contributed by atoms with E-state index in [2.05, 4.69) is 48.2 Å². The summed E-state index contributed by atoms with van der Waals surface area (Å²) < 4.78 is 11.8. The number of likely N-dealkylation sites (tertiary alicyclic amines) is 1. The molecule has 41 heavy (non-hydrogen) atoms. The van der Waals surface area contributed by atoms with Crippen LogP contribution in [0.4, 0.5) is 0 Å². The van der Waals surface area contributed by atoms with Crippen LogP contribution in [-0.4, -0.2) is 59.5 Å². The van der Waals surface area contributed by atoms with Crippen molar-refractivity contribution in [3.8, 4) is 5.75 Å². The quantitative estimate of drug-likeness (QED) is 0.247. The lowest BCUT2D eigenvalue weighted by Crippen LogP contribution is -2.66. The molecule has 2 heterocycles. The third-order valence-electron chi connectivity index (χ3n) is 7.96. The molecule has 0 radical (unpaired) electrons. The fourth-order valence-electron chi connectivity index (χ4n) is 5.65. The molecule has 2 amide bonds. The van der Waals surface area contributed by atoms with E-state index in [1.165, 1.54) is 0 Å². The second-order valence-corrected chi connectivity index (χ2v) is 11.1. The van der Waals surface area contributed by atoms with Crippen LogP contribution < -0.4 is 10.1 Å². The van der Waals surface area contributed by atoms with Gasteiger partial charge >= 0.3 is 0 Å². The zero-order valence-corrected chi connectivity index (χ0v) is 24.8. The number of methoxy groups -OCH3 is 1. The van der Waals surface area contributed by atoms with E-state index in [0.29, 0.717) is 26.1 Å². The molecule has 1 fully saturated rings. The molecular weight excluding hydrogens is 516 g/mol. The number of nitrogens with one attached hydrogen (secondary N) is 2. The van der Waals surface area contributed by atoms with Crippen molar-refractivity contribution < 1.29 is 19.1 Å². The topological polar surface area (TPSA) is 96.5 Å². The third-order valence-corrected chi connectivity index (χ3v) is 7.96. The van der Waals surface area contributed by atoms with E-state index in [1.54, 1.807) is 13.4 Å². The molecule has 1 aromatic heterocycles. The predicted molar refractivity (Wildman–Crippen MR) is 160 cm³/mol. The summed E-state index contributed by atoms with van der Waals surface area (Å²) in [5, 5.41) is 3.08. The lowest BCUT2D eigenvalue weighted by molar-refractivity contribution is -0.175. The Hall–Kier alpha value is -3.65. The number of carbonyl (C=O) groups excluding carboxylic acids is 2. The van der Waals surface area contributed by atoms with Gasteiger partial charge in [0.05, 0.1) is 32.2 Å². The number of aryl methyl sites for hydroxylation is 1. The lowest BCUT2D eigenvalue weighted by atomic mass is 9.82. The summed E-state index contributed by atoms with van der Waals surface area (Å²) in [7, 11) is 1.63. The molecular formula is C33H44N4O4. The van der Waals surface area contributed by atoms with Gasteiger partial charge in [-0.05, 0) is 48.6 Å². The number of benzene rings is 2. The Balaban J connectivity index is 1.52. The molecule has 2 N–H and O–H groups in total. The van der Waals surface area contributed by atoms with Crippen LogP contribution in [0, 0.1) is 6.92 Å². The van der Waals surface area contributed by atoms with Crippen molar-refractivity contribution in [1.82, 2.24) is 20.2 Å². The molecule has 8 nitrogen and oxygen atoms in total. The van der Waals surface area contributed by atoms with Gasteiger partial charge in [-0.2, -0.15) is 0 Å². The smallest absolute Gasteiger partial charge is 0.245 e. The van der Waals surface area contributed by atoms with Gasteiger partial charge < -0.3 is 24.7 Å². The fraction of sp³-hybridized carbons (Fsp3) is 0.485. The Labute approximate surface area is 243 Å². The van der Waals surface area contributed by atoms with Crippen LogP contribution >= 0.6 is 0 Å². The number of hydrogen-bond donors (Lipinski definition) is 2. The molecule has 0 bridgehead atoms. The van der Waals surface area contributed by atoms with Crippen molar-refractivity contribution >= 4 is 11.8 Å². The van der Waals surface area contributed by atoms with Gasteiger partial charge in [0.15, 0.2) is 0 Å². The Morgan fingerprint density at radius 3 is 2.49 bits per heavy atom. The number of rotatable bonds is 15. The van der Waals surface area contributed by atoms with E-state index in [-0.39, 0.29) is 24.2 Å². The van der Waals surface area contributed by atoms with Gasteiger partial charge in [0.1, 0.15) is 17.4 Å². The monoisotopic (exact) mass is 560 g/mol. The van der Waals surface area contributed by atoms with Crippen LogP contribution in [0.1, 0.15) is 74.3 Å². The zero-order chi connectivity index (χ0) is 29.2. The summed E-state index contributed by atoms with van der Waals surface area (Å²) in [6.07, 6.45) is 7.93. The Bertz CT molecular complexity index is 1250. The number of hydrogen-bond acceptors (Lipinski definition) is 5. The van der Waals surface area contributed by atoms with Crippen LogP contribution in [0.25, 0.3) is 0 Å². The van der Waals surface area contributed by atoms with E-state index in [4.69, 9.17) is 9.47 Å². The standard InChI is InChI=1S/C33H44N4O4/c1-5-7-17-41-33(28-12-9-8-11-24(28)3)21-37(22-33)32(39)29(18-25-13-15-27(40-4)16-14-25)36-31(38)19-26(10-6-2)30-20-34-23-35-30/h8-9,11-16,20,23,26,29H,5-7,10,17-19,21-22H2,1-4H3,(H,34,35)(H,36,38). The molecule has 2 aromatic carbocycles. The van der Waals surface area contributed by atoms with Crippen molar-refractivity contribution in [3.63, 3.8) is 0 Å². The molecule has 2 atom stereocenters. The lowest BCUT2D eigenvalue weighted by Gasteiger charge is -2.51. The van der Waals surface area contributed by atoms with Crippen LogP contribution in [-0.2, 0) is 26.3 Å². The van der Waals surface area contributed by atoms with Crippen molar-refractivity contribution in [1.29, 1.82) is 0 Å². The summed E-state index contributed by atoms with van der Waals surface area (Å²) in [6.45, 7) is 7.89. The molecule has 0 aliphatic carbocycles. The first kappa shape index (κ1) is 30.3. The molecule has 4 rings (SSSR count). The first-order valence-electron chi connectivity index (χ1n) is 14.8. The molecule has 3 aromatic rings. The van der Waals surface area contributed by atoms with E-state index in [0.717, 1.165) is 53.8 Å². The van der Waals surface area contributed by atoms with Gasteiger partial charge in [0, 0.05) is 31.6 Å². The van der Waals surface area contributed by atoms with Gasteiger partial charge in [-0.15, -0.1) is 0 Å². The minimum absolute atomic E-state index is 0.00679. The number of nitrogens with zero attached hydrogens (tertiary/aromatic N) is 2. The summed E-state index contributed by atoms with van der Waals surface area (Å²) >= 11 is 0. The van der Waals surface area contributed by atoms with Crippen molar-refractivity contribution in [2.75, 3.05) is 26.8 Å². The largest absolute Gasteiger partial charge is 0.497 e. The summed E-state index contributed by atoms with van der Waals surface area (Å²) in [5.41, 5.74) is 3.57. The number of carbonyl (C=O) groups is 2. The maximum Gasteiger partial charge on any atom is 0.245 e. The molecule has 0 saturated carbocycles. The number of H-pyrrole nitrogens is 1. The molecule has 1 aliphatic heterocycles. The number of imidazole rings is 1. The molecule has 0 spiro atoms. The predicted octanol–water partition coefficient (Wildman–Crippen LogP) is 5.28. The third kappa shape index (κ3) is 7.55. The SMILES string of the molecule is CCCCOC1(c2ccccc2C)CN(C(=O)C(Cc2ccc(OC)cc2)NC(=O)CC(CCC)c2c[nH]cn2)C1. The van der Waals surface area contributed by atoms with Crippen molar-refractivity contribution in [2.24, 2.45) is 0 Å². The van der Waals surface area contributed by atoms with E-state index in [1.807, 2.05) is 47.5 Å². The highest BCUT2D eigenvalue weighted by molar-refractivity contribution is 5.89. The first-order valence-corrected chi connectivity index (χ1v) is 14.8. The number of amides is 2. The van der Waals surface area contributed by atoms with Gasteiger partial charge in [-0.25, -0.2) is 4.98 Å². The minimum Gasteiger partial charge on any atom is -0.497 e. The van der Waals surface area contributed by atoms with Gasteiger partial charge in [0.25, 0.3) is 0 Å². The maximum atomic E-state index is 14.0. The average Bonchev–Trinajstić information content (AvgIpc) is 3.50. The number of aromatic nitrogens is 2. The highest BCUT2D eigenvalue weighted by atomic mass is 16.5. The molecule has 220 valence electrons. The highest BCUT2D eigenvalue weighted by Gasteiger charge is 2.49. The van der Waals surface area contributed by atoms with Crippen molar-refractivity contribution in [3.05, 3.63) is 83.4 Å². The van der Waals surface area contributed by atoms with E-state index in [9.17, 15) is 9.59 Å². The van der Waals surface area contributed by atoms with Gasteiger partial charge in [-0.1, -0.05) is 63.1 Å². The normalized spacial score (nSPS) is 15.6. The number of ether oxygens (including phenoxy) is 2. The second-order valence-electron chi connectivity index (χ2n) is 11.1. The van der Waals surface area contributed by atoms with Crippen LogP contribution in [0.3, 0.4) is 0 Å². The summed E-state index contributed by atoms with van der Waals surface area (Å²) in [5.74, 6) is 0.497. The average molecular weight is 561 g/mol. The zero-order valence-electron chi connectivity index (χ0n) is 24.8. The van der Waals surface area contributed by atoms with Gasteiger partial charge in [0.2, 0.25) is 11.8 Å². The fourth-order valence-corrected chi connectivity index (χ4v) is 5.65.